The van der Waals surface area contributed by atoms with Crippen molar-refractivity contribution in [2.24, 2.45) is 11.8 Å². The van der Waals surface area contributed by atoms with Crippen LogP contribution in [0.4, 0.5) is 0 Å². The molecule has 112 valence electrons. The lowest BCUT2D eigenvalue weighted by Gasteiger charge is -2.18. The second kappa shape index (κ2) is 6.12. The maximum absolute atomic E-state index is 12.5. The van der Waals surface area contributed by atoms with Crippen LogP contribution in [-0.2, 0) is 4.79 Å². The molecule has 0 aliphatic heterocycles. The molecule has 0 saturated heterocycles. The lowest BCUT2D eigenvalue weighted by molar-refractivity contribution is -0.131. The van der Waals surface area contributed by atoms with Gasteiger partial charge in [-0.25, -0.2) is 4.79 Å². The molecule has 2 atom stereocenters. The largest absolute Gasteiger partial charge is 0.478 e. The fraction of sp³-hybridized carbons (Fsp3) is 0.412. The van der Waals surface area contributed by atoms with Crippen molar-refractivity contribution in [3.05, 3.63) is 41.0 Å². The summed E-state index contributed by atoms with van der Waals surface area (Å²) < 4.78 is 0. The smallest absolute Gasteiger partial charge is 0.328 e. The molecule has 4 nitrogen and oxygen atoms in total. The van der Waals surface area contributed by atoms with Crippen molar-refractivity contribution in [2.75, 3.05) is 13.6 Å². The molecule has 1 aliphatic carbocycles. The van der Waals surface area contributed by atoms with Crippen LogP contribution in [0.25, 0.3) is 6.08 Å². The predicted octanol–water partition coefficient (Wildman–Crippen LogP) is 2.82. The summed E-state index contributed by atoms with van der Waals surface area (Å²) in [5, 5.41) is 8.67. The minimum atomic E-state index is -0.997. The number of nitrogens with zero attached hydrogens (tertiary/aromatic N) is 1. The Morgan fingerprint density at radius 1 is 1.43 bits per heavy atom. The number of carbonyl (C=O) groups excluding carboxylic acids is 1. The first-order valence-electron chi connectivity index (χ1n) is 7.15. The van der Waals surface area contributed by atoms with Gasteiger partial charge in [0, 0.05) is 25.2 Å². The van der Waals surface area contributed by atoms with E-state index in [1.165, 1.54) is 12.5 Å². The zero-order valence-electron chi connectivity index (χ0n) is 12.7. The van der Waals surface area contributed by atoms with Crippen LogP contribution >= 0.6 is 0 Å². The van der Waals surface area contributed by atoms with E-state index in [1.807, 2.05) is 26.1 Å². The summed E-state index contributed by atoms with van der Waals surface area (Å²) >= 11 is 0. The van der Waals surface area contributed by atoms with Gasteiger partial charge in [0.1, 0.15) is 0 Å². The Bertz CT molecular complexity index is 592. The molecule has 0 aromatic heterocycles. The van der Waals surface area contributed by atoms with E-state index in [-0.39, 0.29) is 5.91 Å². The van der Waals surface area contributed by atoms with Crippen LogP contribution in [0.3, 0.4) is 0 Å². The van der Waals surface area contributed by atoms with Gasteiger partial charge in [-0.15, -0.1) is 0 Å². The van der Waals surface area contributed by atoms with E-state index in [2.05, 4.69) is 6.92 Å². The number of hydrogen-bond acceptors (Lipinski definition) is 2. The molecule has 1 N–H and O–H groups in total. The summed E-state index contributed by atoms with van der Waals surface area (Å²) in [6, 6.07) is 5.42. The number of hydrogen-bond donors (Lipinski definition) is 1. The standard InChI is InChI=1S/C17H21NO3/c1-11-4-5-13(6-7-16(19)20)9-15(11)17(21)18(3)10-14-8-12(14)2/h4-7,9,12,14H,8,10H2,1-3H3,(H,19,20). The zero-order chi connectivity index (χ0) is 15.6. The summed E-state index contributed by atoms with van der Waals surface area (Å²) in [6.07, 6.45) is 3.77. The fourth-order valence-electron chi connectivity index (χ4n) is 2.43. The van der Waals surface area contributed by atoms with Gasteiger partial charge in [0.05, 0.1) is 0 Å². The number of carboxylic acid groups (broad SMARTS) is 1. The van der Waals surface area contributed by atoms with E-state index in [0.717, 1.165) is 23.7 Å². The minimum Gasteiger partial charge on any atom is -0.478 e. The number of carboxylic acids is 1. The van der Waals surface area contributed by atoms with Crippen LogP contribution in [0, 0.1) is 18.8 Å². The Kier molecular flexibility index (Phi) is 4.46. The van der Waals surface area contributed by atoms with Crippen molar-refractivity contribution in [1.29, 1.82) is 0 Å². The highest BCUT2D eigenvalue weighted by molar-refractivity contribution is 5.96. The maximum Gasteiger partial charge on any atom is 0.328 e. The predicted molar refractivity (Wildman–Crippen MR) is 82.1 cm³/mol. The van der Waals surface area contributed by atoms with Gasteiger partial charge in [0.2, 0.25) is 0 Å². The van der Waals surface area contributed by atoms with Crippen molar-refractivity contribution in [3.8, 4) is 0 Å². The van der Waals surface area contributed by atoms with E-state index in [9.17, 15) is 9.59 Å². The van der Waals surface area contributed by atoms with Gasteiger partial charge < -0.3 is 10.0 Å². The van der Waals surface area contributed by atoms with Crippen molar-refractivity contribution in [3.63, 3.8) is 0 Å². The Labute approximate surface area is 125 Å². The third kappa shape index (κ3) is 3.94. The van der Waals surface area contributed by atoms with Crippen LogP contribution in [0.5, 0.6) is 0 Å². The molecule has 2 unspecified atom stereocenters. The quantitative estimate of drug-likeness (QED) is 0.847. The first-order chi connectivity index (χ1) is 9.88. The molecule has 1 aromatic rings. The van der Waals surface area contributed by atoms with Gasteiger partial charge in [0.25, 0.3) is 5.91 Å². The molecule has 0 heterocycles. The summed E-state index contributed by atoms with van der Waals surface area (Å²) in [4.78, 5) is 24.8. The van der Waals surface area contributed by atoms with E-state index >= 15 is 0 Å². The monoisotopic (exact) mass is 287 g/mol. The number of aryl methyl sites for hydroxylation is 1. The Morgan fingerprint density at radius 3 is 2.67 bits per heavy atom. The summed E-state index contributed by atoms with van der Waals surface area (Å²) in [5.41, 5.74) is 2.26. The van der Waals surface area contributed by atoms with Crippen molar-refractivity contribution in [2.45, 2.75) is 20.3 Å². The maximum atomic E-state index is 12.5. The molecule has 0 radical (unpaired) electrons. The highest BCUT2D eigenvalue weighted by atomic mass is 16.4. The lowest BCUT2D eigenvalue weighted by Crippen LogP contribution is -2.29. The van der Waals surface area contributed by atoms with Crippen molar-refractivity contribution < 1.29 is 14.7 Å². The second-order valence-electron chi connectivity index (χ2n) is 5.90. The molecule has 0 spiro atoms. The van der Waals surface area contributed by atoms with E-state index in [4.69, 9.17) is 5.11 Å². The molecule has 1 amide bonds. The summed E-state index contributed by atoms with van der Waals surface area (Å²) in [7, 11) is 1.83. The van der Waals surface area contributed by atoms with E-state index < -0.39 is 5.97 Å². The van der Waals surface area contributed by atoms with E-state index in [1.54, 1.807) is 11.0 Å². The normalized spacial score (nSPS) is 20.5. The SMILES string of the molecule is Cc1ccc(C=CC(=O)O)cc1C(=O)N(C)CC1CC1C. The molecule has 1 aliphatic rings. The molecule has 1 fully saturated rings. The molecule has 1 aromatic carbocycles. The van der Waals surface area contributed by atoms with Crippen LogP contribution in [0.15, 0.2) is 24.3 Å². The van der Waals surface area contributed by atoms with Gasteiger partial charge in [0.15, 0.2) is 0 Å². The highest BCUT2D eigenvalue weighted by Crippen LogP contribution is 2.38. The molecular formula is C17H21NO3. The summed E-state index contributed by atoms with van der Waals surface area (Å²) in [6.45, 7) is 4.88. The van der Waals surface area contributed by atoms with Gasteiger partial charge in [-0.05, 0) is 48.4 Å². The highest BCUT2D eigenvalue weighted by Gasteiger charge is 2.34. The van der Waals surface area contributed by atoms with Crippen molar-refractivity contribution in [1.82, 2.24) is 4.90 Å². The summed E-state index contributed by atoms with van der Waals surface area (Å²) in [5.74, 6) is 0.334. The van der Waals surface area contributed by atoms with E-state index in [0.29, 0.717) is 17.4 Å². The molecule has 4 heteroatoms. The van der Waals surface area contributed by atoms with Crippen LogP contribution in [-0.4, -0.2) is 35.5 Å². The third-order valence-corrected chi connectivity index (χ3v) is 4.04. The Balaban J connectivity index is 2.15. The number of benzene rings is 1. The average Bonchev–Trinajstić information content (AvgIpc) is 3.12. The number of rotatable bonds is 5. The van der Waals surface area contributed by atoms with Crippen LogP contribution in [0.1, 0.15) is 34.8 Å². The van der Waals surface area contributed by atoms with Gasteiger partial charge >= 0.3 is 5.97 Å². The van der Waals surface area contributed by atoms with Gasteiger partial charge in [-0.1, -0.05) is 19.1 Å². The molecule has 21 heavy (non-hydrogen) atoms. The number of amides is 1. The molecule has 0 bridgehead atoms. The zero-order valence-corrected chi connectivity index (χ0v) is 12.7. The Morgan fingerprint density at radius 2 is 2.10 bits per heavy atom. The van der Waals surface area contributed by atoms with Crippen LogP contribution in [0.2, 0.25) is 0 Å². The van der Waals surface area contributed by atoms with Crippen LogP contribution < -0.4 is 0 Å². The number of aliphatic carboxylic acids is 1. The Hall–Kier alpha value is -2.10. The third-order valence-electron chi connectivity index (χ3n) is 4.04. The second-order valence-corrected chi connectivity index (χ2v) is 5.90. The fourth-order valence-corrected chi connectivity index (χ4v) is 2.43. The molecule has 2 rings (SSSR count). The molecular weight excluding hydrogens is 266 g/mol. The molecule has 1 saturated carbocycles. The first kappa shape index (κ1) is 15.3. The minimum absolute atomic E-state index is 0.00262. The van der Waals surface area contributed by atoms with Gasteiger partial charge in [-0.3, -0.25) is 4.79 Å². The average molecular weight is 287 g/mol. The lowest BCUT2D eigenvalue weighted by atomic mass is 10.0. The van der Waals surface area contributed by atoms with Crippen molar-refractivity contribution >= 4 is 18.0 Å². The topological polar surface area (TPSA) is 57.6 Å². The first-order valence-corrected chi connectivity index (χ1v) is 7.15. The number of carbonyl (C=O) groups is 2. The van der Waals surface area contributed by atoms with Gasteiger partial charge in [-0.2, -0.15) is 0 Å².